The van der Waals surface area contributed by atoms with E-state index in [0.29, 0.717) is 18.6 Å². The Morgan fingerprint density at radius 1 is 0.442 bits per heavy atom. The van der Waals surface area contributed by atoms with Gasteiger partial charge in [0.2, 0.25) is 66.5 Å². The molecule has 43 heavy (non-hydrogen) atoms. The molecule has 8 aromatic heterocycles. The number of rotatable bonds is 0. The zero-order chi connectivity index (χ0) is 30.6. The van der Waals surface area contributed by atoms with E-state index in [2.05, 4.69) is 79.7 Å². The zero-order valence-corrected chi connectivity index (χ0v) is 30.3. The van der Waals surface area contributed by atoms with E-state index in [1.807, 2.05) is 0 Å². The fourth-order valence-corrected chi connectivity index (χ4v) is 4.13. The van der Waals surface area contributed by atoms with Crippen molar-refractivity contribution in [2.45, 2.75) is 0 Å². The van der Waals surface area contributed by atoms with E-state index in [0.717, 1.165) is 44.7 Å². The minimum absolute atomic E-state index is 0.672. The Hall–Kier alpha value is -3.42. The van der Waals surface area contributed by atoms with Gasteiger partial charge >= 0.3 is 38.4 Å². The van der Waals surface area contributed by atoms with Gasteiger partial charge in [-0.2, -0.15) is 19.9 Å². The third-order valence-electron chi connectivity index (χ3n) is 5.11. The summed E-state index contributed by atoms with van der Waals surface area (Å²) in [5, 5.41) is 0. The zero-order valence-electron chi connectivity index (χ0n) is 21.5. The average molecular weight is 796 g/mol. The van der Waals surface area contributed by atoms with E-state index in [1.165, 1.54) is 0 Å². The Morgan fingerprint density at radius 3 is 0.837 bits per heavy atom. The monoisotopic (exact) mass is 796 g/mol. The van der Waals surface area contributed by atoms with Crippen LogP contribution >= 0.6 is 65.5 Å². The summed E-state index contributed by atoms with van der Waals surface area (Å²) in [4.78, 5) is 50.6. The first-order chi connectivity index (χ1) is 20.9. The molecule has 8 rings (SSSR count). The van der Waals surface area contributed by atoms with Crippen molar-refractivity contribution in [3.05, 3.63) is 69.2 Å². The van der Waals surface area contributed by atoms with Crippen molar-refractivity contribution < 1.29 is 41.7 Å². The van der Waals surface area contributed by atoms with Gasteiger partial charge in [-0.3, -0.25) is 0 Å². The van der Waals surface area contributed by atoms with Crippen LogP contribution in [-0.4, -0.2) is 59.8 Å². The van der Waals surface area contributed by atoms with Crippen LogP contribution in [0.4, 0.5) is 0 Å². The average Bonchev–Trinajstić information content (AvgIpc) is 3.82. The first-order valence-corrected chi connectivity index (χ1v) is 23.6. The molecule has 0 radical (unpaired) electrons. The number of imidazole rings is 4. The fourth-order valence-electron chi connectivity index (χ4n) is 3.28. The molecule has 12 N–H and O–H groups in total. The van der Waals surface area contributed by atoms with E-state index < -0.39 is 21.8 Å². The van der Waals surface area contributed by atoms with Gasteiger partial charge in [-0.25, -0.2) is 39.9 Å². The molecule has 0 aliphatic heterocycles. The Labute approximate surface area is 278 Å². The standard InChI is InChI=1S/4C5H4N4S.Cd.2ClH/c4*10-5-3-4(7-1-6-3)8-2-9-5;;;/h4*1-2H,(H2,6,7,8,9,10);;2*1H/q;;;;+2;;/p+2. The Balaban J connectivity index is 0.000000127. The van der Waals surface area contributed by atoms with Gasteiger partial charge in [0.25, 0.3) is 0 Å². The molecule has 0 aliphatic rings. The van der Waals surface area contributed by atoms with E-state index >= 15 is 0 Å². The topological polar surface area (TPSA) is 234 Å². The van der Waals surface area contributed by atoms with Crippen LogP contribution < -0.4 is 19.9 Å². The predicted molar refractivity (Wildman–Crippen MR) is 163 cm³/mol. The summed E-state index contributed by atoms with van der Waals surface area (Å²) in [6, 6.07) is 0. The van der Waals surface area contributed by atoms with Gasteiger partial charge in [-0.15, -0.1) is 0 Å². The molecule has 0 aliphatic carbocycles. The number of H-pyrrole nitrogens is 12. The summed E-state index contributed by atoms with van der Waals surface area (Å²) in [7, 11) is 9.95. The van der Waals surface area contributed by atoms with E-state index in [9.17, 15) is 0 Å². The van der Waals surface area contributed by atoms with Crippen LogP contribution in [0.1, 0.15) is 0 Å². The van der Waals surface area contributed by atoms with E-state index in [4.69, 9.17) is 65.5 Å². The minimum atomic E-state index is -1.07. The van der Waals surface area contributed by atoms with Crippen LogP contribution in [0.3, 0.4) is 0 Å². The van der Waals surface area contributed by atoms with Crippen LogP contribution in [0, 0.1) is 18.6 Å². The molecule has 0 saturated heterocycles. The summed E-state index contributed by atoms with van der Waals surface area (Å²) in [6.45, 7) is 0. The van der Waals surface area contributed by atoms with Gasteiger partial charge in [0.15, 0.2) is 22.1 Å². The molecule has 16 nitrogen and oxygen atoms in total. The second kappa shape index (κ2) is 16.4. The quantitative estimate of drug-likeness (QED) is 0.0837. The number of aromatic nitrogens is 16. The van der Waals surface area contributed by atoms with Crippen molar-refractivity contribution in [2.24, 2.45) is 0 Å². The first-order valence-electron chi connectivity index (χ1n) is 11.7. The number of halogens is 2. The Morgan fingerprint density at radius 2 is 0.651 bits per heavy atom. The third kappa shape index (κ3) is 8.80. The summed E-state index contributed by atoms with van der Waals surface area (Å²) in [5.74, 6) is 0. The Kier molecular flexibility index (Phi) is 12.4. The van der Waals surface area contributed by atoms with Crippen molar-refractivity contribution >= 4 is 110 Å². The molecule has 0 saturated carbocycles. The SMILES string of the molecule is S=c1[nH+]c[nH]c2nc[nH]c12.S=c1[nH+]c[nH]c2nc[nH]c12.S=c1[nH+]c[nH]c2nc[nH]c12.S=c1[nH+]c[nH]c2nc[nH]c12.[Cl][Cd][Cl]. The molecule has 23 heteroatoms. The number of nitrogens with one attached hydrogen (secondary N) is 12. The molecule has 0 amide bonds. The van der Waals surface area contributed by atoms with Gasteiger partial charge in [-0.1, -0.05) is 0 Å². The van der Waals surface area contributed by atoms with Crippen LogP contribution in [0.2, 0.25) is 0 Å². The van der Waals surface area contributed by atoms with Crippen LogP contribution in [0.25, 0.3) is 44.7 Å². The van der Waals surface area contributed by atoms with Gasteiger partial charge in [0.1, 0.15) is 0 Å². The number of fused-ring (bicyclic) bond motifs is 4. The number of nitrogens with zero attached hydrogens (tertiary/aromatic N) is 4. The molecule has 0 bridgehead atoms. The number of hydrogen-bond donors (Lipinski definition) is 8. The van der Waals surface area contributed by atoms with Crippen molar-refractivity contribution in [2.75, 3.05) is 0 Å². The molecule has 0 spiro atoms. The number of aromatic amines is 12. The van der Waals surface area contributed by atoms with Gasteiger partial charge < -0.3 is 19.9 Å². The fraction of sp³-hybridized carbons (Fsp3) is 0. The Bertz CT molecular complexity index is 1960. The second-order valence-electron chi connectivity index (χ2n) is 7.65. The van der Waals surface area contributed by atoms with Crippen LogP contribution in [0.15, 0.2) is 50.6 Å². The number of hydrogen-bond acceptors (Lipinski definition) is 8. The summed E-state index contributed by atoms with van der Waals surface area (Å²) >= 11 is 18.8. The van der Waals surface area contributed by atoms with Gasteiger partial charge in [0, 0.05) is 0 Å². The summed E-state index contributed by atoms with van der Waals surface area (Å²) in [6.07, 6.45) is 13.0. The maximum absolute atomic E-state index is 4.97. The van der Waals surface area contributed by atoms with Gasteiger partial charge in [-0.05, 0) is 48.9 Å². The molecule has 8 heterocycles. The van der Waals surface area contributed by atoms with E-state index in [-0.39, 0.29) is 0 Å². The van der Waals surface area contributed by atoms with Gasteiger partial charge in [0.05, 0.1) is 25.3 Å². The molecule has 0 fully saturated rings. The van der Waals surface area contributed by atoms with Crippen molar-refractivity contribution in [3.8, 4) is 0 Å². The molecule has 216 valence electrons. The predicted octanol–water partition coefficient (Wildman–Crippen LogP) is 3.11. The van der Waals surface area contributed by atoms with Crippen molar-refractivity contribution in [1.82, 2.24) is 59.8 Å². The molecular weight excluding hydrogens is 776 g/mol. The van der Waals surface area contributed by atoms with Crippen molar-refractivity contribution in [3.63, 3.8) is 0 Å². The summed E-state index contributed by atoms with van der Waals surface area (Å²) in [5.41, 5.74) is 6.50. The molecule has 8 aromatic rings. The molecule has 0 atom stereocenters. The normalized spacial score (nSPS) is 9.91. The van der Waals surface area contributed by atoms with Crippen molar-refractivity contribution in [1.29, 1.82) is 0 Å². The molecule has 0 unspecified atom stereocenters. The van der Waals surface area contributed by atoms with Crippen LogP contribution in [0.5, 0.6) is 0 Å². The second-order valence-corrected chi connectivity index (χ2v) is 15.3. The summed E-state index contributed by atoms with van der Waals surface area (Å²) < 4.78 is 2.69. The third-order valence-corrected chi connectivity index (χ3v) is 6.40. The maximum atomic E-state index is 4.97. The molecular formula is C20H20CdCl2N16S4+4. The van der Waals surface area contributed by atoms with E-state index in [1.54, 1.807) is 50.6 Å². The van der Waals surface area contributed by atoms with Crippen LogP contribution in [-0.2, 0) is 21.8 Å². The molecule has 0 aromatic carbocycles. The first kappa shape index (κ1) is 32.5.